The number of hydrogen-bond donors (Lipinski definition) is 1. The molecule has 1 fully saturated rings. The Morgan fingerprint density at radius 3 is 2.56 bits per heavy atom. The van der Waals surface area contributed by atoms with Gasteiger partial charge in [0.2, 0.25) is 0 Å². The average molecular weight is 249 g/mol. The summed E-state index contributed by atoms with van der Waals surface area (Å²) < 4.78 is 2.30. The van der Waals surface area contributed by atoms with E-state index in [-0.39, 0.29) is 0 Å². The van der Waals surface area contributed by atoms with Crippen molar-refractivity contribution in [1.29, 1.82) is 0 Å². The van der Waals surface area contributed by atoms with Crippen molar-refractivity contribution in [2.75, 3.05) is 5.73 Å². The van der Waals surface area contributed by atoms with Crippen LogP contribution in [0.5, 0.6) is 0 Å². The molecule has 1 aromatic heterocycles. The minimum Gasteiger partial charge on any atom is -0.384 e. The fourth-order valence-electron chi connectivity index (χ4n) is 3.01. The van der Waals surface area contributed by atoms with E-state index in [1.807, 2.05) is 0 Å². The van der Waals surface area contributed by atoms with E-state index in [2.05, 4.69) is 25.3 Å². The van der Waals surface area contributed by atoms with E-state index in [1.165, 1.54) is 31.5 Å². The molecule has 0 amide bonds. The first-order valence-electron chi connectivity index (χ1n) is 7.48. The Balaban J connectivity index is 2.32. The Morgan fingerprint density at radius 2 is 2.00 bits per heavy atom. The van der Waals surface area contributed by atoms with Gasteiger partial charge in [-0.05, 0) is 25.2 Å². The lowest BCUT2D eigenvalue weighted by atomic mass is 10.1. The first kappa shape index (κ1) is 13.4. The molecule has 18 heavy (non-hydrogen) atoms. The van der Waals surface area contributed by atoms with Crippen LogP contribution in [-0.4, -0.2) is 9.55 Å². The van der Waals surface area contributed by atoms with Gasteiger partial charge >= 0.3 is 0 Å². The van der Waals surface area contributed by atoms with E-state index in [0.29, 0.717) is 11.8 Å². The van der Waals surface area contributed by atoms with Gasteiger partial charge in [0.15, 0.2) is 0 Å². The predicted octanol–water partition coefficient (Wildman–Crippen LogP) is 3.73. The second-order valence-electron chi connectivity index (χ2n) is 6.04. The maximum atomic E-state index is 6.31. The Kier molecular flexibility index (Phi) is 4.31. The second kappa shape index (κ2) is 5.77. The van der Waals surface area contributed by atoms with Crippen LogP contribution in [0, 0.1) is 5.92 Å². The normalized spacial score (nSPS) is 16.9. The molecule has 0 saturated heterocycles. The Morgan fingerprint density at radius 1 is 1.33 bits per heavy atom. The molecular weight excluding hydrogens is 222 g/mol. The lowest BCUT2D eigenvalue weighted by Gasteiger charge is -2.15. The topological polar surface area (TPSA) is 43.8 Å². The van der Waals surface area contributed by atoms with Gasteiger partial charge in [0.05, 0.1) is 5.69 Å². The van der Waals surface area contributed by atoms with E-state index < -0.39 is 0 Å². The zero-order valence-electron chi connectivity index (χ0n) is 12.1. The quantitative estimate of drug-likeness (QED) is 0.864. The van der Waals surface area contributed by atoms with Crippen molar-refractivity contribution in [1.82, 2.24) is 9.55 Å². The van der Waals surface area contributed by atoms with Crippen molar-refractivity contribution >= 4 is 5.82 Å². The number of rotatable bonds is 5. The Bertz CT molecular complexity index is 387. The molecule has 0 unspecified atom stereocenters. The number of hydrogen-bond acceptors (Lipinski definition) is 2. The first-order chi connectivity index (χ1) is 8.63. The minimum atomic E-state index is 0.621. The molecule has 1 saturated carbocycles. The minimum absolute atomic E-state index is 0.621. The highest BCUT2D eigenvalue weighted by atomic mass is 15.1. The summed E-state index contributed by atoms with van der Waals surface area (Å²) in [5, 5.41) is 0. The molecule has 1 aliphatic rings. The van der Waals surface area contributed by atoms with Crippen LogP contribution in [0.1, 0.15) is 70.3 Å². The van der Waals surface area contributed by atoms with E-state index in [0.717, 1.165) is 30.9 Å². The van der Waals surface area contributed by atoms with Gasteiger partial charge in [-0.3, -0.25) is 0 Å². The zero-order chi connectivity index (χ0) is 13.1. The third-order valence-electron chi connectivity index (χ3n) is 3.87. The molecule has 1 heterocycles. The molecule has 102 valence electrons. The number of anilines is 1. The van der Waals surface area contributed by atoms with E-state index in [9.17, 15) is 0 Å². The molecule has 0 radical (unpaired) electrons. The van der Waals surface area contributed by atoms with Gasteiger partial charge in [-0.15, -0.1) is 0 Å². The Labute approximate surface area is 111 Å². The summed E-state index contributed by atoms with van der Waals surface area (Å²) in [6, 6.07) is 0. The second-order valence-corrected chi connectivity index (χ2v) is 6.04. The smallest absolute Gasteiger partial charge is 0.126 e. The number of nitrogens with two attached hydrogens (primary N) is 1. The van der Waals surface area contributed by atoms with Gasteiger partial charge in [0.1, 0.15) is 11.6 Å². The molecule has 1 aromatic rings. The lowest BCUT2D eigenvalue weighted by Crippen LogP contribution is -2.13. The van der Waals surface area contributed by atoms with Crippen molar-refractivity contribution in [2.45, 2.75) is 71.8 Å². The summed E-state index contributed by atoms with van der Waals surface area (Å²) in [7, 11) is 0. The van der Waals surface area contributed by atoms with E-state index in [4.69, 9.17) is 10.7 Å². The zero-order valence-corrected chi connectivity index (χ0v) is 12.1. The van der Waals surface area contributed by atoms with Crippen LogP contribution in [0.15, 0.2) is 0 Å². The van der Waals surface area contributed by atoms with Gasteiger partial charge < -0.3 is 10.3 Å². The maximum Gasteiger partial charge on any atom is 0.126 e. The molecule has 1 aliphatic carbocycles. The van der Waals surface area contributed by atoms with Gasteiger partial charge in [0, 0.05) is 12.5 Å². The molecule has 2 N–H and O–H groups in total. The van der Waals surface area contributed by atoms with E-state index in [1.54, 1.807) is 0 Å². The fraction of sp³-hybridized carbons (Fsp3) is 0.800. The molecule has 0 atom stereocenters. The summed E-state index contributed by atoms with van der Waals surface area (Å²) in [6.07, 6.45) is 7.41. The monoisotopic (exact) mass is 249 g/mol. The summed E-state index contributed by atoms with van der Waals surface area (Å²) in [5.74, 6) is 3.46. The molecule has 0 spiro atoms. The lowest BCUT2D eigenvalue weighted by molar-refractivity contribution is 0.492. The maximum absolute atomic E-state index is 6.31. The third kappa shape index (κ3) is 2.70. The van der Waals surface area contributed by atoms with Crippen molar-refractivity contribution in [3.8, 4) is 0 Å². The number of aryl methyl sites for hydroxylation is 1. The van der Waals surface area contributed by atoms with Gasteiger partial charge in [0.25, 0.3) is 0 Å². The summed E-state index contributed by atoms with van der Waals surface area (Å²) in [4.78, 5) is 4.87. The third-order valence-corrected chi connectivity index (χ3v) is 3.87. The van der Waals surface area contributed by atoms with Gasteiger partial charge in [-0.1, -0.05) is 40.0 Å². The van der Waals surface area contributed by atoms with Crippen molar-refractivity contribution in [2.24, 2.45) is 5.92 Å². The molecule has 0 bridgehead atoms. The highest BCUT2D eigenvalue weighted by Gasteiger charge is 2.25. The number of aromatic nitrogens is 2. The van der Waals surface area contributed by atoms with Crippen LogP contribution in [0.4, 0.5) is 5.82 Å². The molecule has 0 aliphatic heterocycles. The van der Waals surface area contributed by atoms with Crippen LogP contribution in [0.25, 0.3) is 0 Å². The molecular formula is C15H27N3. The highest BCUT2D eigenvalue weighted by molar-refractivity contribution is 5.39. The fourth-order valence-corrected chi connectivity index (χ4v) is 3.01. The average Bonchev–Trinajstić information content (AvgIpc) is 2.92. The van der Waals surface area contributed by atoms with Crippen LogP contribution in [0.3, 0.4) is 0 Å². The van der Waals surface area contributed by atoms with Crippen LogP contribution in [0.2, 0.25) is 0 Å². The van der Waals surface area contributed by atoms with Crippen LogP contribution in [-0.2, 0) is 13.0 Å². The van der Waals surface area contributed by atoms with Crippen LogP contribution >= 0.6 is 0 Å². The van der Waals surface area contributed by atoms with Gasteiger partial charge in [-0.25, -0.2) is 4.98 Å². The van der Waals surface area contributed by atoms with Gasteiger partial charge in [-0.2, -0.15) is 0 Å². The summed E-state index contributed by atoms with van der Waals surface area (Å²) in [6.45, 7) is 7.69. The number of nitrogen functional groups attached to an aromatic ring is 1. The summed E-state index contributed by atoms with van der Waals surface area (Å²) >= 11 is 0. The van der Waals surface area contributed by atoms with Crippen molar-refractivity contribution < 1.29 is 0 Å². The Hall–Kier alpha value is -0.990. The largest absolute Gasteiger partial charge is 0.384 e. The molecule has 2 rings (SSSR count). The predicted molar refractivity (Wildman–Crippen MR) is 76.7 cm³/mol. The molecule has 0 aromatic carbocycles. The number of imidazole rings is 1. The molecule has 3 heteroatoms. The van der Waals surface area contributed by atoms with Crippen molar-refractivity contribution in [3.63, 3.8) is 0 Å². The number of nitrogens with zero attached hydrogens (tertiary/aromatic N) is 2. The van der Waals surface area contributed by atoms with E-state index >= 15 is 0 Å². The highest BCUT2D eigenvalue weighted by Crippen LogP contribution is 2.35. The van der Waals surface area contributed by atoms with Crippen molar-refractivity contribution in [3.05, 3.63) is 11.5 Å². The van der Waals surface area contributed by atoms with Crippen LogP contribution < -0.4 is 5.73 Å². The SMILES string of the molecule is CCCc1nc(C2CCCC2)n(CC(C)C)c1N. The molecule has 3 nitrogen and oxygen atoms in total. The first-order valence-corrected chi connectivity index (χ1v) is 7.48. The standard InChI is InChI=1S/C15H27N3/c1-4-7-13-14(16)18(10-11(2)3)15(17-13)12-8-5-6-9-12/h11-12H,4-10,16H2,1-3H3. The summed E-state index contributed by atoms with van der Waals surface area (Å²) in [5.41, 5.74) is 7.43.